The van der Waals surface area contributed by atoms with Gasteiger partial charge in [0.25, 0.3) is 0 Å². The van der Waals surface area contributed by atoms with E-state index >= 15 is 0 Å². The third kappa shape index (κ3) is 9.28. The van der Waals surface area contributed by atoms with E-state index in [0.29, 0.717) is 5.92 Å². The first-order valence-corrected chi connectivity index (χ1v) is 16.4. The van der Waals surface area contributed by atoms with Crippen LogP contribution in [0.25, 0.3) is 10.5 Å². The minimum atomic E-state index is -3.88. The van der Waals surface area contributed by atoms with E-state index in [9.17, 15) is 8.42 Å². The molecule has 2 atom stereocenters. The Morgan fingerprint density at radius 1 is 0.737 bits per heavy atom. The summed E-state index contributed by atoms with van der Waals surface area (Å²) in [5, 5.41) is 0. The zero-order valence-corrected chi connectivity index (χ0v) is 26.7. The third-order valence-corrected chi connectivity index (χ3v) is 7.67. The van der Waals surface area contributed by atoms with Crippen LogP contribution in [-0.4, -0.2) is 8.42 Å². The summed E-state index contributed by atoms with van der Waals surface area (Å²) >= 11 is 1.82. The van der Waals surface area contributed by atoms with Crippen molar-refractivity contribution < 1.29 is 25.7 Å². The molecule has 38 heavy (non-hydrogen) atoms. The number of rotatable bonds is 10. The first-order valence-electron chi connectivity index (χ1n) is 12.6. The summed E-state index contributed by atoms with van der Waals surface area (Å²) in [5.41, 5.74) is 14.6. The van der Waals surface area contributed by atoms with Gasteiger partial charge in [-0.3, -0.25) is 0 Å². The monoisotopic (exact) mass is 642 g/mol. The second-order valence-corrected chi connectivity index (χ2v) is 11.9. The van der Waals surface area contributed by atoms with Gasteiger partial charge in [0.15, 0.2) is 0 Å². The Morgan fingerprint density at radius 2 is 1.16 bits per heavy atom. The van der Waals surface area contributed by atoms with Gasteiger partial charge in [-0.05, 0) is 40.0 Å². The molecule has 3 rings (SSSR count). The molecular formula is C31H41ClN2O2RuS. The fraction of sp³-hybridized carbons (Fsp3) is 0.387. The van der Waals surface area contributed by atoms with Crippen molar-refractivity contribution in [2.75, 3.05) is 0 Å². The van der Waals surface area contributed by atoms with Crippen molar-refractivity contribution in [3.8, 4) is 0 Å². The fourth-order valence-corrected chi connectivity index (χ4v) is 5.83. The normalized spacial score (nSPS) is 13.0. The van der Waals surface area contributed by atoms with Crippen LogP contribution in [0.15, 0.2) is 72.8 Å². The summed E-state index contributed by atoms with van der Waals surface area (Å²) in [7, 11) is 0.694. The Hall–Kier alpha value is -1.56. The predicted octanol–water partition coefficient (Wildman–Crippen LogP) is 9.93. The van der Waals surface area contributed by atoms with Crippen LogP contribution in [0.3, 0.4) is 0 Å². The van der Waals surface area contributed by atoms with E-state index in [1.807, 2.05) is 78.0 Å². The van der Waals surface area contributed by atoms with Crippen molar-refractivity contribution in [2.24, 2.45) is 0 Å². The molecule has 1 N–H and O–H groups in total. The predicted molar refractivity (Wildman–Crippen MR) is 160 cm³/mol. The minimum absolute atomic E-state index is 0. The molecule has 2 unspecified atom stereocenters. The SMILES string of the molecule is CC(C)c1cc(C(C)C)c(CS(=O)(=O)[N-]C(c2ccccc2)C([NH-])c2ccccc2)c(C(C)C)c1.[CH3-].[Cl][Ru+3]. The number of hydrogen-bond donors (Lipinski definition) is 0. The summed E-state index contributed by atoms with van der Waals surface area (Å²) in [6, 6.07) is 21.3. The molecule has 0 saturated heterocycles. The molecule has 0 aliphatic rings. The second kappa shape index (κ2) is 15.9. The quantitative estimate of drug-likeness (QED) is 0.163. The van der Waals surface area contributed by atoms with Crippen molar-refractivity contribution in [1.29, 1.82) is 0 Å². The second-order valence-electron chi connectivity index (χ2n) is 10.2. The van der Waals surface area contributed by atoms with Gasteiger partial charge in [-0.15, -0.1) is 12.1 Å². The van der Waals surface area contributed by atoms with E-state index in [-0.39, 0.29) is 25.0 Å². The van der Waals surface area contributed by atoms with Crippen LogP contribution in [0, 0.1) is 7.43 Å². The molecule has 0 bridgehead atoms. The molecule has 0 aromatic heterocycles. The maximum absolute atomic E-state index is 13.6. The number of halogens is 1. The van der Waals surface area contributed by atoms with Gasteiger partial charge >= 0.3 is 27.0 Å². The first-order chi connectivity index (χ1) is 17.5. The average molecular weight is 642 g/mol. The number of sulfonamides is 1. The molecule has 0 radical (unpaired) electrons. The molecular weight excluding hydrogens is 601 g/mol. The molecule has 0 aliphatic heterocycles. The zero-order chi connectivity index (χ0) is 27.8. The summed E-state index contributed by atoms with van der Waals surface area (Å²) in [4.78, 5) is 0. The topological polar surface area (TPSA) is 72.0 Å². The van der Waals surface area contributed by atoms with Gasteiger partial charge in [-0.1, -0.05) is 125 Å². The zero-order valence-electron chi connectivity index (χ0n) is 23.4. The molecule has 0 amide bonds. The summed E-state index contributed by atoms with van der Waals surface area (Å²) in [6.07, 6.45) is 0. The van der Waals surface area contributed by atoms with Gasteiger partial charge in [0.1, 0.15) is 0 Å². The van der Waals surface area contributed by atoms with Gasteiger partial charge in [-0.25, -0.2) is 8.42 Å². The molecule has 7 heteroatoms. The van der Waals surface area contributed by atoms with E-state index in [1.54, 1.807) is 0 Å². The molecule has 208 valence electrons. The number of nitrogens with zero attached hydrogens (tertiary/aromatic N) is 1. The van der Waals surface area contributed by atoms with E-state index in [0.717, 1.165) is 27.8 Å². The van der Waals surface area contributed by atoms with Crippen LogP contribution in [0.1, 0.15) is 105 Å². The molecule has 3 aromatic rings. The van der Waals surface area contributed by atoms with Crippen molar-refractivity contribution in [1.82, 2.24) is 0 Å². The van der Waals surface area contributed by atoms with E-state index < -0.39 is 22.1 Å². The van der Waals surface area contributed by atoms with Crippen LogP contribution in [0.4, 0.5) is 0 Å². The van der Waals surface area contributed by atoms with Crippen molar-refractivity contribution in [3.63, 3.8) is 0 Å². The van der Waals surface area contributed by atoms with Crippen LogP contribution in [-0.2, 0) is 33.1 Å². The molecule has 0 heterocycles. The summed E-state index contributed by atoms with van der Waals surface area (Å²) < 4.78 is 31.7. The van der Waals surface area contributed by atoms with E-state index in [1.165, 1.54) is 5.56 Å². The van der Waals surface area contributed by atoms with Crippen LogP contribution in [0.2, 0.25) is 0 Å². The van der Waals surface area contributed by atoms with Crippen LogP contribution >= 0.6 is 9.69 Å². The average Bonchev–Trinajstić information content (AvgIpc) is 2.88. The van der Waals surface area contributed by atoms with Gasteiger partial charge < -0.3 is 17.9 Å². The Morgan fingerprint density at radius 3 is 1.55 bits per heavy atom. The third-order valence-electron chi connectivity index (χ3n) is 6.47. The van der Waals surface area contributed by atoms with Crippen LogP contribution in [0.5, 0.6) is 0 Å². The van der Waals surface area contributed by atoms with E-state index in [2.05, 4.69) is 68.1 Å². The Bertz CT molecular complexity index is 1190. The summed E-state index contributed by atoms with van der Waals surface area (Å²) in [6.45, 7) is 12.8. The van der Waals surface area contributed by atoms with Gasteiger partial charge in [0, 0.05) is 0 Å². The summed E-state index contributed by atoms with van der Waals surface area (Å²) in [5.74, 6) is 0.582. The Balaban J connectivity index is 0.00000235. The van der Waals surface area contributed by atoms with Crippen molar-refractivity contribution >= 4 is 19.7 Å². The molecule has 0 aliphatic carbocycles. The molecule has 0 fully saturated rings. The van der Waals surface area contributed by atoms with Crippen molar-refractivity contribution in [3.05, 3.63) is 124 Å². The van der Waals surface area contributed by atoms with E-state index in [4.69, 9.17) is 5.73 Å². The number of benzene rings is 3. The van der Waals surface area contributed by atoms with Crippen molar-refractivity contribution in [2.45, 2.75) is 77.1 Å². The van der Waals surface area contributed by atoms with Gasteiger partial charge in [-0.2, -0.15) is 0 Å². The Kier molecular flexibility index (Phi) is 14.4. The first kappa shape index (κ1) is 34.5. The molecule has 4 nitrogen and oxygen atoms in total. The molecule has 3 aromatic carbocycles. The standard InChI is InChI=1S/C30H38N2O2S.CH3.ClH.Ru/c1-20(2)25-17-26(21(3)4)28(27(18-25)22(5)6)19-35(33,34)32-30(24-15-11-8-12-16-24)29(31)23-13-9-7-10-14-23;;;/h7-18,20-22,29-31H,19H2,1-6H3;1H3;1H;/q-2;-1;;+4/p-1. The molecule has 0 spiro atoms. The maximum atomic E-state index is 13.6. The molecule has 0 saturated carbocycles. The van der Waals surface area contributed by atoms with Gasteiger partial charge in [0.2, 0.25) is 0 Å². The number of nitrogens with one attached hydrogen (secondary N) is 1. The number of hydrogen-bond acceptors (Lipinski definition) is 2. The Labute approximate surface area is 245 Å². The van der Waals surface area contributed by atoms with Crippen LogP contribution < -0.4 is 0 Å². The fourth-order valence-electron chi connectivity index (χ4n) is 4.47. The van der Waals surface area contributed by atoms with Gasteiger partial charge in [0.05, 0.1) is 15.8 Å².